The lowest BCUT2D eigenvalue weighted by Crippen LogP contribution is -2.33. The molecule has 2 rings (SSSR count). The second kappa shape index (κ2) is 7.07. The summed E-state index contributed by atoms with van der Waals surface area (Å²) in [4.78, 5) is 16.8. The average Bonchev–Trinajstić information content (AvgIpc) is 2.51. The van der Waals surface area contributed by atoms with E-state index in [2.05, 4.69) is 22.5 Å². The highest BCUT2D eigenvalue weighted by atomic mass is 16.1. The third kappa shape index (κ3) is 3.72. The van der Waals surface area contributed by atoms with Gasteiger partial charge in [-0.15, -0.1) is 0 Å². The SMILES string of the molecule is CCCCC(C)NC(=O)c1cc(NC)c2ccccc2n1. The fourth-order valence-electron chi connectivity index (χ4n) is 2.38. The number of nitrogens with zero attached hydrogens (tertiary/aromatic N) is 1. The maximum Gasteiger partial charge on any atom is 0.270 e. The van der Waals surface area contributed by atoms with Crippen LogP contribution in [0.15, 0.2) is 30.3 Å². The second-order valence-corrected chi connectivity index (χ2v) is 5.34. The van der Waals surface area contributed by atoms with Gasteiger partial charge in [-0.05, 0) is 25.5 Å². The predicted octanol–water partition coefficient (Wildman–Crippen LogP) is 3.59. The van der Waals surface area contributed by atoms with Crippen molar-refractivity contribution in [1.82, 2.24) is 10.3 Å². The summed E-state index contributed by atoms with van der Waals surface area (Å²) in [5.74, 6) is -0.110. The summed E-state index contributed by atoms with van der Waals surface area (Å²) in [7, 11) is 1.85. The normalized spacial score (nSPS) is 12.1. The quantitative estimate of drug-likeness (QED) is 0.853. The zero-order chi connectivity index (χ0) is 15.2. The van der Waals surface area contributed by atoms with Crippen molar-refractivity contribution in [2.24, 2.45) is 0 Å². The van der Waals surface area contributed by atoms with Gasteiger partial charge in [0.05, 0.1) is 5.52 Å². The third-order valence-corrected chi connectivity index (χ3v) is 3.59. The molecule has 2 N–H and O–H groups in total. The van der Waals surface area contributed by atoms with Gasteiger partial charge in [-0.1, -0.05) is 38.0 Å². The molecule has 1 aromatic heterocycles. The molecule has 1 amide bonds. The van der Waals surface area contributed by atoms with Crippen molar-refractivity contribution in [3.8, 4) is 0 Å². The molecule has 0 spiro atoms. The molecule has 2 aromatic rings. The van der Waals surface area contributed by atoms with Crippen molar-refractivity contribution in [3.63, 3.8) is 0 Å². The second-order valence-electron chi connectivity index (χ2n) is 5.34. The highest BCUT2D eigenvalue weighted by Gasteiger charge is 2.13. The molecule has 0 fully saturated rings. The van der Waals surface area contributed by atoms with E-state index in [1.165, 1.54) is 0 Å². The first-order chi connectivity index (χ1) is 10.2. The van der Waals surface area contributed by atoms with E-state index >= 15 is 0 Å². The van der Waals surface area contributed by atoms with Gasteiger partial charge in [-0.3, -0.25) is 4.79 Å². The molecule has 0 bridgehead atoms. The van der Waals surface area contributed by atoms with Crippen molar-refractivity contribution in [2.45, 2.75) is 39.2 Å². The molecule has 0 saturated heterocycles. The monoisotopic (exact) mass is 285 g/mol. The van der Waals surface area contributed by atoms with Crippen LogP contribution in [0.3, 0.4) is 0 Å². The summed E-state index contributed by atoms with van der Waals surface area (Å²) in [5, 5.41) is 7.17. The minimum Gasteiger partial charge on any atom is -0.388 e. The summed E-state index contributed by atoms with van der Waals surface area (Å²) < 4.78 is 0. The average molecular weight is 285 g/mol. The van der Waals surface area contributed by atoms with E-state index in [1.54, 1.807) is 0 Å². The number of carbonyl (C=O) groups excluding carboxylic acids is 1. The Morgan fingerprint density at radius 1 is 1.33 bits per heavy atom. The number of pyridine rings is 1. The molecular formula is C17H23N3O. The van der Waals surface area contributed by atoms with Gasteiger partial charge in [0.1, 0.15) is 5.69 Å². The lowest BCUT2D eigenvalue weighted by atomic mass is 10.1. The summed E-state index contributed by atoms with van der Waals surface area (Å²) in [6.45, 7) is 4.19. The van der Waals surface area contributed by atoms with Crippen LogP contribution in [0, 0.1) is 0 Å². The zero-order valence-electron chi connectivity index (χ0n) is 12.9. The molecule has 0 aliphatic rings. The summed E-state index contributed by atoms with van der Waals surface area (Å²) in [5.41, 5.74) is 2.21. The van der Waals surface area contributed by atoms with Crippen molar-refractivity contribution in [1.29, 1.82) is 0 Å². The molecule has 4 heteroatoms. The smallest absolute Gasteiger partial charge is 0.270 e. The summed E-state index contributed by atoms with van der Waals surface area (Å²) in [6.07, 6.45) is 3.25. The Morgan fingerprint density at radius 2 is 2.10 bits per heavy atom. The predicted molar refractivity (Wildman–Crippen MR) is 87.7 cm³/mol. The third-order valence-electron chi connectivity index (χ3n) is 3.59. The number of benzene rings is 1. The van der Waals surface area contributed by atoms with Gasteiger partial charge in [0.25, 0.3) is 5.91 Å². The maximum absolute atomic E-state index is 12.3. The van der Waals surface area contributed by atoms with Crippen LogP contribution in [-0.2, 0) is 0 Å². The zero-order valence-corrected chi connectivity index (χ0v) is 12.9. The van der Waals surface area contributed by atoms with E-state index in [-0.39, 0.29) is 11.9 Å². The fraction of sp³-hybridized carbons (Fsp3) is 0.412. The number of hydrogen-bond acceptors (Lipinski definition) is 3. The molecule has 0 radical (unpaired) electrons. The van der Waals surface area contributed by atoms with Crippen molar-refractivity contribution >= 4 is 22.5 Å². The molecule has 0 aliphatic heterocycles. The van der Waals surface area contributed by atoms with Gasteiger partial charge in [-0.25, -0.2) is 4.98 Å². The number of nitrogens with one attached hydrogen (secondary N) is 2. The van der Waals surface area contributed by atoms with Gasteiger partial charge in [0.2, 0.25) is 0 Å². The Morgan fingerprint density at radius 3 is 2.81 bits per heavy atom. The van der Waals surface area contributed by atoms with Gasteiger partial charge < -0.3 is 10.6 Å². The van der Waals surface area contributed by atoms with E-state index in [0.29, 0.717) is 5.69 Å². The lowest BCUT2D eigenvalue weighted by Gasteiger charge is -2.14. The van der Waals surface area contributed by atoms with E-state index in [1.807, 2.05) is 44.3 Å². The number of anilines is 1. The Labute approximate surface area is 126 Å². The lowest BCUT2D eigenvalue weighted by molar-refractivity contribution is 0.0933. The standard InChI is InChI=1S/C17H23N3O/c1-4-5-8-12(2)19-17(21)16-11-15(18-3)13-9-6-7-10-14(13)20-16/h6-7,9-12H,4-5,8H2,1-3H3,(H,18,20)(H,19,21). The van der Waals surface area contributed by atoms with Gasteiger partial charge in [0.15, 0.2) is 0 Å². The van der Waals surface area contributed by atoms with Crippen LogP contribution < -0.4 is 10.6 Å². The van der Waals surface area contributed by atoms with Crippen LogP contribution in [0.2, 0.25) is 0 Å². The van der Waals surface area contributed by atoms with Gasteiger partial charge in [-0.2, -0.15) is 0 Å². The minimum absolute atomic E-state index is 0.110. The number of unbranched alkanes of at least 4 members (excludes halogenated alkanes) is 1. The van der Waals surface area contributed by atoms with E-state index < -0.39 is 0 Å². The fourth-order valence-corrected chi connectivity index (χ4v) is 2.38. The number of para-hydroxylation sites is 1. The topological polar surface area (TPSA) is 54.0 Å². The number of hydrogen-bond donors (Lipinski definition) is 2. The molecule has 0 aliphatic carbocycles. The van der Waals surface area contributed by atoms with Crippen LogP contribution >= 0.6 is 0 Å². The first kappa shape index (κ1) is 15.3. The first-order valence-corrected chi connectivity index (χ1v) is 7.54. The van der Waals surface area contributed by atoms with Gasteiger partial charge >= 0.3 is 0 Å². The number of fused-ring (bicyclic) bond motifs is 1. The van der Waals surface area contributed by atoms with E-state index in [9.17, 15) is 4.79 Å². The van der Waals surface area contributed by atoms with Crippen LogP contribution in [0.5, 0.6) is 0 Å². The number of aromatic nitrogens is 1. The molecule has 21 heavy (non-hydrogen) atoms. The molecule has 0 saturated carbocycles. The summed E-state index contributed by atoms with van der Waals surface area (Å²) in [6, 6.07) is 9.80. The Hall–Kier alpha value is -2.10. The van der Waals surface area contributed by atoms with Crippen molar-refractivity contribution in [2.75, 3.05) is 12.4 Å². The van der Waals surface area contributed by atoms with E-state index in [0.717, 1.165) is 35.9 Å². The van der Waals surface area contributed by atoms with E-state index in [4.69, 9.17) is 0 Å². The van der Waals surface area contributed by atoms with Crippen LogP contribution in [0.25, 0.3) is 10.9 Å². The molecule has 1 unspecified atom stereocenters. The van der Waals surface area contributed by atoms with Crippen LogP contribution in [-0.4, -0.2) is 24.0 Å². The number of amides is 1. The van der Waals surface area contributed by atoms with Gasteiger partial charge in [0, 0.05) is 24.2 Å². The summed E-state index contributed by atoms with van der Waals surface area (Å²) >= 11 is 0. The van der Waals surface area contributed by atoms with Crippen molar-refractivity contribution < 1.29 is 4.79 Å². The molecule has 1 atom stereocenters. The highest BCUT2D eigenvalue weighted by molar-refractivity contribution is 5.99. The Bertz CT molecular complexity index is 624. The largest absolute Gasteiger partial charge is 0.388 e. The minimum atomic E-state index is -0.110. The molecule has 112 valence electrons. The highest BCUT2D eigenvalue weighted by Crippen LogP contribution is 2.22. The maximum atomic E-state index is 12.3. The Kier molecular flexibility index (Phi) is 5.14. The Balaban J connectivity index is 2.23. The molecular weight excluding hydrogens is 262 g/mol. The van der Waals surface area contributed by atoms with Crippen LogP contribution in [0.4, 0.5) is 5.69 Å². The number of carbonyl (C=O) groups is 1. The molecule has 1 heterocycles. The van der Waals surface area contributed by atoms with Crippen LogP contribution in [0.1, 0.15) is 43.6 Å². The first-order valence-electron chi connectivity index (χ1n) is 7.54. The van der Waals surface area contributed by atoms with Crippen molar-refractivity contribution in [3.05, 3.63) is 36.0 Å². The number of rotatable bonds is 6. The molecule has 1 aromatic carbocycles. The molecule has 4 nitrogen and oxygen atoms in total.